The van der Waals surface area contributed by atoms with Crippen molar-refractivity contribution in [3.05, 3.63) is 60.2 Å². The molecule has 0 atom stereocenters. The first-order chi connectivity index (χ1) is 13.8. The lowest BCUT2D eigenvalue weighted by Crippen LogP contribution is -2.23. The molecule has 0 saturated carbocycles. The van der Waals surface area contributed by atoms with E-state index in [2.05, 4.69) is 10.1 Å². The van der Waals surface area contributed by atoms with Gasteiger partial charge in [-0.15, -0.1) is 0 Å². The van der Waals surface area contributed by atoms with Crippen molar-refractivity contribution in [2.24, 2.45) is 0 Å². The van der Waals surface area contributed by atoms with Crippen molar-refractivity contribution in [2.75, 3.05) is 23.4 Å². The molecule has 152 valence electrons. The highest BCUT2D eigenvalue weighted by atomic mass is 19.4. The molecule has 1 aliphatic rings. The Hall–Kier alpha value is -3.29. The first kappa shape index (κ1) is 20.4. The van der Waals surface area contributed by atoms with E-state index in [0.717, 1.165) is 17.7 Å². The van der Waals surface area contributed by atoms with Gasteiger partial charge in [0.15, 0.2) is 6.61 Å². The van der Waals surface area contributed by atoms with Gasteiger partial charge in [0.2, 0.25) is 11.8 Å². The summed E-state index contributed by atoms with van der Waals surface area (Å²) in [5, 5.41) is 2.57. The van der Waals surface area contributed by atoms with Crippen LogP contribution < -0.4 is 15.0 Å². The zero-order chi connectivity index (χ0) is 20.9. The van der Waals surface area contributed by atoms with Crippen molar-refractivity contribution in [3.8, 4) is 5.75 Å². The van der Waals surface area contributed by atoms with Crippen LogP contribution in [0.25, 0.3) is 6.08 Å². The molecule has 5 nitrogen and oxygen atoms in total. The molecule has 3 rings (SSSR count). The molecule has 1 aliphatic heterocycles. The monoisotopic (exact) mass is 404 g/mol. The Labute approximate surface area is 165 Å². The maximum Gasteiger partial charge on any atom is 0.422 e. The van der Waals surface area contributed by atoms with Crippen LogP contribution in [0.4, 0.5) is 24.5 Å². The number of carbonyl (C=O) groups is 2. The zero-order valence-electron chi connectivity index (χ0n) is 15.4. The molecule has 2 aromatic rings. The average molecular weight is 404 g/mol. The van der Waals surface area contributed by atoms with E-state index in [1.165, 1.54) is 24.3 Å². The number of hydrogen-bond acceptors (Lipinski definition) is 3. The predicted molar refractivity (Wildman–Crippen MR) is 104 cm³/mol. The molecule has 0 aromatic heterocycles. The number of carbonyl (C=O) groups excluding carboxylic acids is 2. The van der Waals surface area contributed by atoms with Gasteiger partial charge in [-0.3, -0.25) is 9.59 Å². The van der Waals surface area contributed by atoms with Crippen molar-refractivity contribution >= 4 is 29.3 Å². The van der Waals surface area contributed by atoms with E-state index in [0.29, 0.717) is 18.7 Å². The summed E-state index contributed by atoms with van der Waals surface area (Å²) in [4.78, 5) is 25.5. The van der Waals surface area contributed by atoms with Gasteiger partial charge < -0.3 is 15.0 Å². The number of amides is 2. The van der Waals surface area contributed by atoms with Crippen LogP contribution in [-0.2, 0) is 9.59 Å². The van der Waals surface area contributed by atoms with E-state index in [4.69, 9.17) is 0 Å². The molecule has 0 radical (unpaired) electrons. The van der Waals surface area contributed by atoms with E-state index < -0.39 is 18.7 Å². The van der Waals surface area contributed by atoms with E-state index in [1.54, 1.807) is 29.2 Å². The molecule has 1 saturated heterocycles. The molecule has 2 amide bonds. The van der Waals surface area contributed by atoms with Crippen LogP contribution in [0, 0.1) is 0 Å². The second-order valence-corrected chi connectivity index (χ2v) is 6.49. The minimum Gasteiger partial charge on any atom is -0.484 e. The molecule has 1 N–H and O–H groups in total. The Kier molecular flexibility index (Phi) is 6.21. The van der Waals surface area contributed by atoms with Crippen molar-refractivity contribution < 1.29 is 27.5 Å². The number of halogens is 3. The number of benzene rings is 2. The molecular weight excluding hydrogens is 385 g/mol. The summed E-state index contributed by atoms with van der Waals surface area (Å²) in [5.74, 6) is -0.318. The van der Waals surface area contributed by atoms with Gasteiger partial charge in [0.25, 0.3) is 0 Å². The van der Waals surface area contributed by atoms with Crippen LogP contribution in [0.15, 0.2) is 54.6 Å². The molecular formula is C21H19F3N2O3. The molecule has 2 aromatic carbocycles. The summed E-state index contributed by atoms with van der Waals surface area (Å²) in [7, 11) is 0. The summed E-state index contributed by atoms with van der Waals surface area (Å²) < 4.78 is 41.3. The lowest BCUT2D eigenvalue weighted by molar-refractivity contribution is -0.153. The Balaban J connectivity index is 1.56. The largest absolute Gasteiger partial charge is 0.484 e. The summed E-state index contributed by atoms with van der Waals surface area (Å²) >= 11 is 0. The molecule has 0 aliphatic carbocycles. The van der Waals surface area contributed by atoms with Crippen LogP contribution in [0.2, 0.25) is 0 Å². The highest BCUT2D eigenvalue weighted by Gasteiger charge is 2.28. The van der Waals surface area contributed by atoms with E-state index in [1.807, 2.05) is 12.1 Å². The summed E-state index contributed by atoms with van der Waals surface area (Å²) in [6, 6.07) is 13.0. The van der Waals surface area contributed by atoms with Crippen molar-refractivity contribution in [2.45, 2.75) is 19.0 Å². The van der Waals surface area contributed by atoms with Crippen molar-refractivity contribution in [1.82, 2.24) is 0 Å². The third kappa shape index (κ3) is 6.10. The van der Waals surface area contributed by atoms with Crippen molar-refractivity contribution in [3.63, 3.8) is 0 Å². The minimum atomic E-state index is -4.43. The molecule has 0 spiro atoms. The van der Waals surface area contributed by atoms with E-state index in [9.17, 15) is 22.8 Å². The number of anilines is 2. The molecule has 0 unspecified atom stereocenters. The smallest absolute Gasteiger partial charge is 0.422 e. The number of alkyl halides is 3. The Morgan fingerprint density at radius 3 is 2.59 bits per heavy atom. The fourth-order valence-corrected chi connectivity index (χ4v) is 2.87. The van der Waals surface area contributed by atoms with Gasteiger partial charge in [-0.05, 0) is 42.3 Å². The maximum absolute atomic E-state index is 12.2. The summed E-state index contributed by atoms with van der Waals surface area (Å²) in [6.45, 7) is -0.689. The quantitative estimate of drug-likeness (QED) is 0.726. The topological polar surface area (TPSA) is 58.6 Å². The van der Waals surface area contributed by atoms with Crippen LogP contribution >= 0.6 is 0 Å². The number of rotatable bonds is 6. The fourth-order valence-electron chi connectivity index (χ4n) is 2.87. The van der Waals surface area contributed by atoms with Gasteiger partial charge in [-0.1, -0.05) is 18.2 Å². The molecule has 29 heavy (non-hydrogen) atoms. The third-order valence-electron chi connectivity index (χ3n) is 4.21. The van der Waals surface area contributed by atoms with Crippen LogP contribution in [0.1, 0.15) is 18.4 Å². The van der Waals surface area contributed by atoms with Gasteiger partial charge in [0.1, 0.15) is 5.75 Å². The number of nitrogens with zero attached hydrogens (tertiary/aromatic N) is 1. The van der Waals surface area contributed by atoms with E-state index >= 15 is 0 Å². The van der Waals surface area contributed by atoms with Crippen LogP contribution in [0.5, 0.6) is 5.75 Å². The SMILES string of the molecule is O=C(/C=C/c1ccc(N2CCCC2=O)cc1)Nc1cccc(OCC(F)(F)F)c1. The van der Waals surface area contributed by atoms with Gasteiger partial charge >= 0.3 is 6.18 Å². The standard InChI is InChI=1S/C21H19F3N2O3/c22-21(23,24)14-29-18-4-1-3-16(13-18)25-19(27)11-8-15-6-9-17(10-7-15)26-12-2-5-20(26)28/h1,3-4,6-11,13H,2,5,12,14H2,(H,25,27)/b11-8+. The summed E-state index contributed by atoms with van der Waals surface area (Å²) in [6.07, 6.45) is -0.0961. The second-order valence-electron chi connectivity index (χ2n) is 6.49. The minimum absolute atomic E-state index is 0.0103. The number of nitrogens with one attached hydrogen (secondary N) is 1. The Morgan fingerprint density at radius 1 is 1.17 bits per heavy atom. The number of ether oxygens (including phenoxy) is 1. The maximum atomic E-state index is 12.2. The van der Waals surface area contributed by atoms with Crippen molar-refractivity contribution in [1.29, 1.82) is 0 Å². The normalized spacial score (nSPS) is 14.4. The molecule has 1 fully saturated rings. The zero-order valence-corrected chi connectivity index (χ0v) is 15.4. The second kappa shape index (κ2) is 8.81. The third-order valence-corrected chi connectivity index (χ3v) is 4.21. The first-order valence-corrected chi connectivity index (χ1v) is 8.99. The Morgan fingerprint density at radius 2 is 1.93 bits per heavy atom. The van der Waals surface area contributed by atoms with Gasteiger partial charge in [0, 0.05) is 36.5 Å². The lowest BCUT2D eigenvalue weighted by atomic mass is 10.2. The highest BCUT2D eigenvalue weighted by molar-refractivity contribution is 6.02. The van der Waals surface area contributed by atoms with Gasteiger partial charge in [-0.2, -0.15) is 13.2 Å². The molecule has 8 heteroatoms. The average Bonchev–Trinajstić information content (AvgIpc) is 3.11. The van der Waals surface area contributed by atoms with E-state index in [-0.39, 0.29) is 11.7 Å². The van der Waals surface area contributed by atoms with Crippen LogP contribution in [-0.4, -0.2) is 31.1 Å². The first-order valence-electron chi connectivity index (χ1n) is 8.99. The fraction of sp³-hybridized carbons (Fsp3) is 0.238. The molecule has 1 heterocycles. The lowest BCUT2D eigenvalue weighted by Gasteiger charge is -2.15. The highest BCUT2D eigenvalue weighted by Crippen LogP contribution is 2.23. The summed E-state index contributed by atoms with van der Waals surface area (Å²) in [5.41, 5.74) is 1.92. The Bertz CT molecular complexity index is 908. The van der Waals surface area contributed by atoms with Gasteiger partial charge in [0.05, 0.1) is 0 Å². The number of hydrogen-bond donors (Lipinski definition) is 1. The van der Waals surface area contributed by atoms with Gasteiger partial charge in [-0.25, -0.2) is 0 Å². The molecule has 0 bridgehead atoms. The predicted octanol–water partition coefficient (Wildman–Crippen LogP) is 4.41. The van der Waals surface area contributed by atoms with Crippen LogP contribution in [0.3, 0.4) is 0 Å².